The molecule has 0 radical (unpaired) electrons. The van der Waals surface area contributed by atoms with Crippen LogP contribution in [0.5, 0.6) is 5.75 Å². The predicted molar refractivity (Wildman–Crippen MR) is 98.8 cm³/mol. The van der Waals surface area contributed by atoms with Crippen molar-refractivity contribution in [2.45, 2.75) is 24.8 Å². The molecule has 2 saturated heterocycles. The lowest BCUT2D eigenvalue weighted by Gasteiger charge is -2.32. The van der Waals surface area contributed by atoms with Crippen LogP contribution in [0.3, 0.4) is 0 Å². The average molecular weight is 377 g/mol. The van der Waals surface area contributed by atoms with E-state index in [1.54, 1.807) is 23.3 Å². The van der Waals surface area contributed by atoms with Crippen molar-refractivity contribution in [2.24, 2.45) is 5.73 Å². The van der Waals surface area contributed by atoms with Crippen molar-refractivity contribution in [1.82, 2.24) is 9.88 Å². The van der Waals surface area contributed by atoms with Gasteiger partial charge in [-0.3, -0.25) is 0 Å². The molecule has 140 valence electrons. The van der Waals surface area contributed by atoms with Crippen LogP contribution in [-0.2, 0) is 9.47 Å². The van der Waals surface area contributed by atoms with E-state index in [-0.39, 0.29) is 6.04 Å². The van der Waals surface area contributed by atoms with Crippen LogP contribution >= 0.6 is 11.3 Å². The molecule has 1 atom stereocenters. The van der Waals surface area contributed by atoms with Gasteiger partial charge in [-0.05, 0) is 30.4 Å². The van der Waals surface area contributed by atoms with Gasteiger partial charge in [0.2, 0.25) is 0 Å². The number of thiazole rings is 1. The molecule has 2 aromatic rings. The minimum Gasteiger partial charge on any atom is -0.494 e. The third-order valence-corrected chi connectivity index (χ3v) is 6.34. The SMILES string of the molecule is COc1ccc(C2CCOCC2)c2sc(C3COCCN3C(N)=O)nc12. The Morgan fingerprint density at radius 2 is 2.12 bits per heavy atom. The van der Waals surface area contributed by atoms with Crippen LogP contribution in [0.1, 0.15) is 35.4 Å². The molecule has 1 unspecified atom stereocenters. The van der Waals surface area contributed by atoms with Crippen molar-refractivity contribution in [3.8, 4) is 5.75 Å². The molecule has 2 amide bonds. The molecule has 2 aliphatic heterocycles. The Kier molecular flexibility index (Phi) is 4.97. The number of aromatic nitrogens is 1. The van der Waals surface area contributed by atoms with Gasteiger partial charge in [0.25, 0.3) is 0 Å². The van der Waals surface area contributed by atoms with Crippen molar-refractivity contribution in [1.29, 1.82) is 0 Å². The molecule has 1 aromatic heterocycles. The summed E-state index contributed by atoms with van der Waals surface area (Å²) in [6.45, 7) is 2.98. The number of carbonyl (C=O) groups is 1. The van der Waals surface area contributed by atoms with Crippen LogP contribution in [-0.4, -0.2) is 56.0 Å². The largest absolute Gasteiger partial charge is 0.494 e. The summed E-state index contributed by atoms with van der Waals surface area (Å²) >= 11 is 1.61. The number of methoxy groups -OCH3 is 1. The molecule has 26 heavy (non-hydrogen) atoms. The number of nitrogens with two attached hydrogens (primary N) is 1. The van der Waals surface area contributed by atoms with E-state index in [1.165, 1.54) is 5.56 Å². The highest BCUT2D eigenvalue weighted by molar-refractivity contribution is 7.18. The first-order valence-corrected chi connectivity index (χ1v) is 9.69. The maximum atomic E-state index is 11.8. The van der Waals surface area contributed by atoms with Gasteiger partial charge >= 0.3 is 6.03 Å². The predicted octanol–water partition coefficient (Wildman–Crippen LogP) is 2.65. The van der Waals surface area contributed by atoms with E-state index in [2.05, 4.69) is 6.07 Å². The summed E-state index contributed by atoms with van der Waals surface area (Å²) < 4.78 is 17.7. The molecule has 0 spiro atoms. The average Bonchev–Trinajstić information content (AvgIpc) is 3.13. The topological polar surface area (TPSA) is 86.9 Å². The number of hydrogen-bond acceptors (Lipinski definition) is 6. The molecule has 0 saturated carbocycles. The molecule has 8 heteroatoms. The van der Waals surface area contributed by atoms with Crippen LogP contribution in [0.2, 0.25) is 0 Å². The van der Waals surface area contributed by atoms with Crippen LogP contribution in [0, 0.1) is 0 Å². The third-order valence-electron chi connectivity index (χ3n) is 5.13. The number of morpholine rings is 1. The van der Waals surface area contributed by atoms with Crippen molar-refractivity contribution in [2.75, 3.05) is 40.1 Å². The lowest BCUT2D eigenvalue weighted by Crippen LogP contribution is -2.45. The Morgan fingerprint density at radius 1 is 1.31 bits per heavy atom. The van der Waals surface area contributed by atoms with E-state index < -0.39 is 6.03 Å². The summed E-state index contributed by atoms with van der Waals surface area (Å²) in [5.41, 5.74) is 7.70. The number of ether oxygens (including phenoxy) is 3. The van der Waals surface area contributed by atoms with Gasteiger partial charge in [0.15, 0.2) is 0 Å². The number of amides is 2. The monoisotopic (exact) mass is 377 g/mol. The van der Waals surface area contributed by atoms with Gasteiger partial charge in [-0.1, -0.05) is 6.07 Å². The fourth-order valence-corrected chi connectivity index (χ4v) is 5.00. The highest BCUT2D eigenvalue weighted by Gasteiger charge is 2.31. The molecular formula is C18H23N3O4S. The highest BCUT2D eigenvalue weighted by Crippen LogP contribution is 2.41. The molecule has 1 aromatic carbocycles. The third kappa shape index (κ3) is 3.13. The number of rotatable bonds is 3. The van der Waals surface area contributed by atoms with Crippen LogP contribution in [0.15, 0.2) is 12.1 Å². The summed E-state index contributed by atoms with van der Waals surface area (Å²) in [6, 6.07) is 3.45. The van der Waals surface area contributed by atoms with Crippen LogP contribution in [0.4, 0.5) is 4.79 Å². The number of hydrogen-bond donors (Lipinski definition) is 1. The second kappa shape index (κ2) is 7.38. The Labute approximate surface area is 156 Å². The van der Waals surface area contributed by atoms with Crippen LogP contribution < -0.4 is 10.5 Å². The van der Waals surface area contributed by atoms with Gasteiger partial charge < -0.3 is 24.8 Å². The first-order valence-electron chi connectivity index (χ1n) is 8.88. The van der Waals surface area contributed by atoms with Gasteiger partial charge in [0.1, 0.15) is 22.3 Å². The molecule has 2 N–H and O–H groups in total. The molecule has 0 aliphatic carbocycles. The standard InChI is InChI=1S/C18H23N3O4S/c1-23-14-3-2-12(11-4-7-24-8-5-11)16-15(14)20-17(26-16)13-10-25-9-6-21(13)18(19)22/h2-3,11,13H,4-10H2,1H3,(H2,19,22). The van der Waals surface area contributed by atoms with Gasteiger partial charge in [-0.2, -0.15) is 0 Å². The van der Waals surface area contributed by atoms with Crippen molar-refractivity contribution in [3.05, 3.63) is 22.7 Å². The number of carbonyl (C=O) groups excluding carboxylic acids is 1. The maximum Gasteiger partial charge on any atom is 0.315 e. The van der Waals surface area contributed by atoms with Gasteiger partial charge in [-0.25, -0.2) is 9.78 Å². The van der Waals surface area contributed by atoms with Crippen molar-refractivity contribution >= 4 is 27.6 Å². The van der Waals surface area contributed by atoms with E-state index in [4.69, 9.17) is 24.9 Å². The lowest BCUT2D eigenvalue weighted by molar-refractivity contribution is 0.0137. The number of benzene rings is 1. The van der Waals surface area contributed by atoms with E-state index in [1.807, 2.05) is 6.07 Å². The zero-order valence-electron chi connectivity index (χ0n) is 14.8. The zero-order chi connectivity index (χ0) is 18.1. The smallest absolute Gasteiger partial charge is 0.315 e. The second-order valence-electron chi connectivity index (χ2n) is 6.60. The number of primary amides is 1. The minimum atomic E-state index is -0.436. The number of nitrogens with zero attached hydrogens (tertiary/aromatic N) is 2. The van der Waals surface area contributed by atoms with E-state index in [9.17, 15) is 4.79 Å². The molecule has 2 aliphatic rings. The molecular weight excluding hydrogens is 354 g/mol. The van der Waals surface area contributed by atoms with E-state index in [0.717, 1.165) is 47.0 Å². The molecule has 7 nitrogen and oxygen atoms in total. The summed E-state index contributed by atoms with van der Waals surface area (Å²) in [5.74, 6) is 1.21. The summed E-state index contributed by atoms with van der Waals surface area (Å²) in [7, 11) is 1.65. The quantitative estimate of drug-likeness (QED) is 0.889. The zero-order valence-corrected chi connectivity index (χ0v) is 15.6. The molecule has 2 fully saturated rings. The number of urea groups is 1. The maximum absolute atomic E-state index is 11.8. The Morgan fingerprint density at radius 3 is 2.85 bits per heavy atom. The van der Waals surface area contributed by atoms with E-state index >= 15 is 0 Å². The summed E-state index contributed by atoms with van der Waals surface area (Å²) in [4.78, 5) is 18.3. The van der Waals surface area contributed by atoms with Crippen molar-refractivity contribution in [3.63, 3.8) is 0 Å². The second-order valence-corrected chi connectivity index (χ2v) is 7.63. The highest BCUT2D eigenvalue weighted by atomic mass is 32.1. The van der Waals surface area contributed by atoms with Gasteiger partial charge in [0, 0.05) is 19.8 Å². The Balaban J connectivity index is 1.78. The fraction of sp³-hybridized carbons (Fsp3) is 0.556. The van der Waals surface area contributed by atoms with Gasteiger partial charge in [0.05, 0.1) is 25.0 Å². The first-order chi connectivity index (χ1) is 12.7. The molecule has 0 bridgehead atoms. The summed E-state index contributed by atoms with van der Waals surface area (Å²) in [5, 5.41) is 0.844. The Bertz CT molecular complexity index is 803. The fourth-order valence-electron chi connectivity index (χ4n) is 3.73. The lowest BCUT2D eigenvalue weighted by atomic mass is 9.91. The number of fused-ring (bicyclic) bond motifs is 1. The Hall–Kier alpha value is -1.90. The summed E-state index contributed by atoms with van der Waals surface area (Å²) in [6.07, 6.45) is 2.02. The first kappa shape index (κ1) is 17.5. The van der Waals surface area contributed by atoms with Crippen LogP contribution in [0.25, 0.3) is 10.2 Å². The molecule has 3 heterocycles. The van der Waals surface area contributed by atoms with E-state index in [0.29, 0.717) is 25.7 Å². The normalized spacial score (nSPS) is 21.9. The molecule has 4 rings (SSSR count). The van der Waals surface area contributed by atoms with Gasteiger partial charge in [-0.15, -0.1) is 11.3 Å². The minimum absolute atomic E-state index is 0.245. The van der Waals surface area contributed by atoms with Crippen molar-refractivity contribution < 1.29 is 19.0 Å².